The van der Waals surface area contributed by atoms with Gasteiger partial charge in [0, 0.05) is 19.6 Å². The largest absolute Gasteiger partial charge is 0.353 e. The Kier molecular flexibility index (Phi) is 4.94. The molecular weight excluding hydrogens is 236 g/mol. The van der Waals surface area contributed by atoms with Crippen LogP contribution in [0.25, 0.3) is 10.8 Å². The minimum absolute atomic E-state index is 0.153. The van der Waals surface area contributed by atoms with Gasteiger partial charge >= 0.3 is 0 Å². The smallest absolute Gasteiger partial charge is 0.161 e. The molecule has 0 atom stereocenters. The van der Waals surface area contributed by atoms with Crippen molar-refractivity contribution in [3.8, 4) is 0 Å². The van der Waals surface area contributed by atoms with Crippen LogP contribution in [0.5, 0.6) is 0 Å². The molecule has 0 fully saturated rings. The fraction of sp³-hybridized carbons (Fsp3) is 0.412. The quantitative estimate of drug-likeness (QED) is 0.727. The first-order valence-electron chi connectivity index (χ1n) is 6.96. The minimum Gasteiger partial charge on any atom is -0.353 e. The average molecular weight is 258 g/mol. The van der Waals surface area contributed by atoms with E-state index in [-0.39, 0.29) is 6.29 Å². The van der Waals surface area contributed by atoms with E-state index in [0.29, 0.717) is 13.2 Å². The zero-order chi connectivity index (χ0) is 13.7. The molecule has 2 aromatic carbocycles. The normalized spacial score (nSPS) is 11.4. The van der Waals surface area contributed by atoms with E-state index in [4.69, 9.17) is 9.47 Å². The second kappa shape index (κ2) is 6.69. The maximum atomic E-state index is 5.67. The lowest BCUT2D eigenvalue weighted by molar-refractivity contribution is -0.134. The van der Waals surface area contributed by atoms with E-state index in [0.717, 1.165) is 6.42 Å². The van der Waals surface area contributed by atoms with Crippen molar-refractivity contribution in [2.75, 3.05) is 13.2 Å². The summed E-state index contributed by atoms with van der Waals surface area (Å²) in [5.74, 6) is 0. The lowest BCUT2D eigenvalue weighted by Gasteiger charge is -2.19. The van der Waals surface area contributed by atoms with Crippen LogP contribution in [-0.2, 0) is 15.9 Å². The Bertz CT molecular complexity index is 528. The highest BCUT2D eigenvalue weighted by atomic mass is 16.7. The number of hydrogen-bond acceptors (Lipinski definition) is 2. The van der Waals surface area contributed by atoms with Crippen molar-refractivity contribution >= 4 is 10.8 Å². The third-order valence-corrected chi connectivity index (χ3v) is 3.35. The van der Waals surface area contributed by atoms with Crippen molar-refractivity contribution in [3.05, 3.63) is 47.5 Å². The van der Waals surface area contributed by atoms with Crippen LogP contribution in [0.3, 0.4) is 0 Å². The van der Waals surface area contributed by atoms with Gasteiger partial charge in [-0.2, -0.15) is 0 Å². The zero-order valence-corrected chi connectivity index (χ0v) is 12.0. The predicted octanol–water partition coefficient (Wildman–Crippen LogP) is 4.09. The van der Waals surface area contributed by atoms with Gasteiger partial charge < -0.3 is 9.47 Å². The Labute approximate surface area is 115 Å². The molecule has 0 N–H and O–H groups in total. The third kappa shape index (κ3) is 3.34. The van der Waals surface area contributed by atoms with Crippen LogP contribution >= 0.6 is 0 Å². The van der Waals surface area contributed by atoms with Gasteiger partial charge in [0.25, 0.3) is 0 Å². The van der Waals surface area contributed by atoms with Crippen LogP contribution in [0.1, 0.15) is 25.0 Å². The van der Waals surface area contributed by atoms with Crippen molar-refractivity contribution in [3.63, 3.8) is 0 Å². The lowest BCUT2D eigenvalue weighted by atomic mass is 9.97. The van der Waals surface area contributed by atoms with E-state index in [1.165, 1.54) is 21.9 Å². The zero-order valence-electron chi connectivity index (χ0n) is 12.0. The van der Waals surface area contributed by atoms with Crippen LogP contribution in [0.4, 0.5) is 0 Å². The highest BCUT2D eigenvalue weighted by Gasteiger charge is 2.13. The fourth-order valence-electron chi connectivity index (χ4n) is 2.42. The summed E-state index contributed by atoms with van der Waals surface area (Å²) in [6, 6.07) is 12.8. The molecular formula is C17H22O2. The van der Waals surface area contributed by atoms with Gasteiger partial charge in [0.05, 0.1) is 0 Å². The molecule has 0 heterocycles. The summed E-state index contributed by atoms with van der Waals surface area (Å²) in [4.78, 5) is 0. The molecule has 0 bridgehead atoms. The highest BCUT2D eigenvalue weighted by Crippen LogP contribution is 2.24. The number of ether oxygens (including phenoxy) is 2. The summed E-state index contributed by atoms with van der Waals surface area (Å²) in [6.45, 7) is 7.50. The second-order valence-electron chi connectivity index (χ2n) is 4.63. The average Bonchev–Trinajstić information content (AvgIpc) is 2.42. The van der Waals surface area contributed by atoms with Gasteiger partial charge in [-0.15, -0.1) is 0 Å². The van der Waals surface area contributed by atoms with Crippen LogP contribution in [-0.4, -0.2) is 19.5 Å². The van der Waals surface area contributed by atoms with Crippen LogP contribution in [0, 0.1) is 6.92 Å². The van der Waals surface area contributed by atoms with Crippen molar-refractivity contribution in [2.45, 2.75) is 33.5 Å². The summed E-state index contributed by atoms with van der Waals surface area (Å²) in [7, 11) is 0. The maximum absolute atomic E-state index is 5.67. The number of rotatable bonds is 6. The number of fused-ring (bicyclic) bond motifs is 1. The summed E-state index contributed by atoms with van der Waals surface area (Å²) in [5, 5.41) is 2.57. The second-order valence-corrected chi connectivity index (χ2v) is 4.63. The SMILES string of the molecule is CCOC(Cc1c(C)ccc2ccccc12)OCC. The van der Waals surface area contributed by atoms with E-state index in [1.54, 1.807) is 0 Å². The fourth-order valence-corrected chi connectivity index (χ4v) is 2.42. The molecule has 0 aromatic heterocycles. The number of hydrogen-bond donors (Lipinski definition) is 0. The molecule has 0 saturated heterocycles. The number of benzene rings is 2. The van der Waals surface area contributed by atoms with Crippen LogP contribution in [0.2, 0.25) is 0 Å². The molecule has 2 rings (SSSR count). The van der Waals surface area contributed by atoms with E-state index < -0.39 is 0 Å². The topological polar surface area (TPSA) is 18.5 Å². The van der Waals surface area contributed by atoms with Crippen LogP contribution in [0.15, 0.2) is 36.4 Å². The minimum atomic E-state index is -0.153. The monoisotopic (exact) mass is 258 g/mol. The van der Waals surface area contributed by atoms with Gasteiger partial charge in [-0.3, -0.25) is 0 Å². The van der Waals surface area contributed by atoms with Gasteiger partial charge in [0.2, 0.25) is 0 Å². The molecule has 19 heavy (non-hydrogen) atoms. The third-order valence-electron chi connectivity index (χ3n) is 3.35. The van der Waals surface area contributed by atoms with Crippen molar-refractivity contribution in [2.24, 2.45) is 0 Å². The molecule has 0 radical (unpaired) electrons. The first-order valence-corrected chi connectivity index (χ1v) is 6.96. The van der Waals surface area contributed by atoms with Gasteiger partial charge in [0.1, 0.15) is 0 Å². The van der Waals surface area contributed by atoms with Crippen molar-refractivity contribution < 1.29 is 9.47 Å². The van der Waals surface area contributed by atoms with Gasteiger partial charge in [-0.25, -0.2) is 0 Å². The van der Waals surface area contributed by atoms with E-state index >= 15 is 0 Å². The first kappa shape index (κ1) is 14.0. The molecule has 102 valence electrons. The van der Waals surface area contributed by atoms with Crippen LogP contribution < -0.4 is 0 Å². The molecule has 0 saturated carbocycles. The highest BCUT2D eigenvalue weighted by molar-refractivity contribution is 5.86. The molecule has 0 spiro atoms. The van der Waals surface area contributed by atoms with E-state index in [9.17, 15) is 0 Å². The van der Waals surface area contributed by atoms with Crippen molar-refractivity contribution in [1.82, 2.24) is 0 Å². The summed E-state index contributed by atoms with van der Waals surface area (Å²) in [6.07, 6.45) is 0.647. The van der Waals surface area contributed by atoms with E-state index in [2.05, 4.69) is 43.3 Å². The van der Waals surface area contributed by atoms with Crippen molar-refractivity contribution in [1.29, 1.82) is 0 Å². The molecule has 0 unspecified atom stereocenters. The maximum Gasteiger partial charge on any atom is 0.161 e. The molecule has 2 nitrogen and oxygen atoms in total. The molecule has 2 aromatic rings. The molecule has 2 heteroatoms. The molecule has 0 aliphatic rings. The molecule has 0 amide bonds. The van der Waals surface area contributed by atoms with Gasteiger partial charge in [-0.1, -0.05) is 36.4 Å². The molecule has 0 aliphatic heterocycles. The summed E-state index contributed by atoms with van der Waals surface area (Å²) < 4.78 is 11.3. The van der Waals surface area contributed by atoms with Gasteiger partial charge in [0.15, 0.2) is 6.29 Å². The Morgan fingerprint density at radius 3 is 2.32 bits per heavy atom. The molecule has 0 aliphatic carbocycles. The Morgan fingerprint density at radius 2 is 1.63 bits per heavy atom. The lowest BCUT2D eigenvalue weighted by Crippen LogP contribution is -2.20. The predicted molar refractivity (Wildman–Crippen MR) is 79.4 cm³/mol. The Morgan fingerprint density at radius 1 is 0.947 bits per heavy atom. The standard InChI is InChI=1S/C17H22O2/c1-4-18-17(19-5-2)12-16-13(3)10-11-14-8-6-7-9-15(14)16/h6-11,17H,4-5,12H2,1-3H3. The van der Waals surface area contributed by atoms with E-state index in [1.807, 2.05) is 13.8 Å². The Hall–Kier alpha value is -1.38. The Balaban J connectivity index is 2.34. The number of aryl methyl sites for hydroxylation is 1. The summed E-state index contributed by atoms with van der Waals surface area (Å²) in [5.41, 5.74) is 2.62. The van der Waals surface area contributed by atoms with Gasteiger partial charge in [-0.05, 0) is 42.7 Å². The summed E-state index contributed by atoms with van der Waals surface area (Å²) >= 11 is 0. The first-order chi connectivity index (χ1) is 9.26.